The normalized spacial score (nSPS) is 12.0. The van der Waals surface area contributed by atoms with E-state index in [-0.39, 0.29) is 17.2 Å². The van der Waals surface area contributed by atoms with E-state index in [1.165, 1.54) is 12.1 Å². The quantitative estimate of drug-likeness (QED) is 0.485. The van der Waals surface area contributed by atoms with Gasteiger partial charge in [0, 0.05) is 17.7 Å². The van der Waals surface area contributed by atoms with Gasteiger partial charge in [-0.05, 0) is 35.9 Å². The fraction of sp³-hybridized carbons (Fsp3) is 0.0455. The van der Waals surface area contributed by atoms with E-state index in [0.29, 0.717) is 11.1 Å². The Kier molecular flexibility index (Phi) is 6.13. The van der Waals surface area contributed by atoms with Crippen LogP contribution in [0.4, 0.5) is 4.39 Å². The highest BCUT2D eigenvalue weighted by atomic mass is 32.2. The van der Waals surface area contributed by atoms with Crippen molar-refractivity contribution < 1.29 is 17.6 Å². The first kappa shape index (κ1) is 19.7. The zero-order chi connectivity index (χ0) is 20.0. The van der Waals surface area contributed by atoms with Crippen LogP contribution in [0.1, 0.15) is 15.9 Å². The fourth-order valence-corrected chi connectivity index (χ4v) is 3.60. The van der Waals surface area contributed by atoms with Crippen LogP contribution in [-0.4, -0.2) is 20.7 Å². The predicted molar refractivity (Wildman–Crippen MR) is 107 cm³/mol. The number of ketones is 1. The molecule has 142 valence electrons. The van der Waals surface area contributed by atoms with E-state index in [0.717, 1.165) is 17.7 Å². The lowest BCUT2D eigenvalue weighted by atomic mass is 10.0. The maximum Gasteiger partial charge on any atom is 0.240 e. The van der Waals surface area contributed by atoms with Crippen LogP contribution in [0.2, 0.25) is 0 Å². The van der Waals surface area contributed by atoms with Crippen molar-refractivity contribution in [1.29, 1.82) is 0 Å². The molecule has 3 rings (SSSR count). The molecule has 6 heteroatoms. The van der Waals surface area contributed by atoms with Gasteiger partial charge in [0.05, 0.1) is 4.90 Å². The highest BCUT2D eigenvalue weighted by Crippen LogP contribution is 2.15. The Bertz CT molecular complexity index is 1080. The van der Waals surface area contributed by atoms with Crippen LogP contribution in [0.15, 0.2) is 95.4 Å². The Morgan fingerprint density at radius 1 is 0.857 bits per heavy atom. The lowest BCUT2D eigenvalue weighted by molar-refractivity contribution is 0.103. The maximum atomic E-state index is 13.1. The molecule has 0 atom stereocenters. The number of halogens is 1. The number of sulfonamides is 1. The van der Waals surface area contributed by atoms with Crippen LogP contribution < -0.4 is 4.72 Å². The zero-order valence-electron chi connectivity index (χ0n) is 14.9. The number of Topliss-reactive ketones (excluding diaryl/α,β-unsaturated/α-hetero) is 1. The second kappa shape index (κ2) is 8.73. The highest BCUT2D eigenvalue weighted by molar-refractivity contribution is 7.89. The summed E-state index contributed by atoms with van der Waals surface area (Å²) in [5, 5.41) is 0. The Morgan fingerprint density at radius 3 is 2.04 bits per heavy atom. The molecule has 3 aromatic carbocycles. The minimum atomic E-state index is -3.89. The van der Waals surface area contributed by atoms with Crippen LogP contribution in [0, 0.1) is 5.82 Å². The molecular formula is C22H18FNO3S. The summed E-state index contributed by atoms with van der Waals surface area (Å²) in [5.74, 6) is -0.797. The molecule has 0 heterocycles. The van der Waals surface area contributed by atoms with Gasteiger partial charge in [-0.25, -0.2) is 17.5 Å². The fourth-order valence-electron chi connectivity index (χ4n) is 2.59. The minimum Gasteiger partial charge on any atom is -0.289 e. The maximum absolute atomic E-state index is 13.1. The van der Waals surface area contributed by atoms with Crippen molar-refractivity contribution in [3.63, 3.8) is 0 Å². The van der Waals surface area contributed by atoms with Crippen molar-refractivity contribution >= 4 is 21.9 Å². The van der Waals surface area contributed by atoms with Gasteiger partial charge >= 0.3 is 0 Å². The molecule has 0 bridgehead atoms. The summed E-state index contributed by atoms with van der Waals surface area (Å²) < 4.78 is 40.5. The van der Waals surface area contributed by atoms with Crippen molar-refractivity contribution in [2.45, 2.75) is 4.90 Å². The van der Waals surface area contributed by atoms with E-state index in [9.17, 15) is 17.6 Å². The van der Waals surface area contributed by atoms with Gasteiger partial charge in [0.15, 0.2) is 5.78 Å². The van der Waals surface area contributed by atoms with Gasteiger partial charge in [-0.3, -0.25) is 4.79 Å². The standard InChI is InChI=1S/C22H18FNO3S/c23-20-11-13-21(14-12-20)28(26,27)24-16-19(15-17-7-3-1-4-8-17)22(25)18-9-5-2-6-10-18/h1-15,24H,16H2/b19-15+. The molecule has 4 nitrogen and oxygen atoms in total. The average molecular weight is 395 g/mol. The first-order valence-corrected chi connectivity index (χ1v) is 10.0. The Labute approximate surface area is 163 Å². The molecule has 0 fully saturated rings. The summed E-state index contributed by atoms with van der Waals surface area (Å²) in [6.07, 6.45) is 1.66. The summed E-state index contributed by atoms with van der Waals surface area (Å²) >= 11 is 0. The monoisotopic (exact) mass is 395 g/mol. The number of hydrogen-bond acceptors (Lipinski definition) is 3. The van der Waals surface area contributed by atoms with Crippen LogP contribution in [0.25, 0.3) is 6.08 Å². The second-order valence-electron chi connectivity index (χ2n) is 6.05. The van der Waals surface area contributed by atoms with Crippen LogP contribution in [0.3, 0.4) is 0 Å². The molecule has 0 unspecified atom stereocenters. The summed E-state index contributed by atoms with van der Waals surface area (Å²) in [6.45, 7) is -0.192. The smallest absolute Gasteiger partial charge is 0.240 e. The van der Waals surface area contributed by atoms with Crippen LogP contribution in [-0.2, 0) is 10.0 Å². The van der Waals surface area contributed by atoms with Gasteiger partial charge in [-0.2, -0.15) is 0 Å². The summed E-state index contributed by atoms with van der Waals surface area (Å²) in [6, 6.07) is 22.3. The Balaban J connectivity index is 1.88. The predicted octanol–water partition coefficient (Wildman–Crippen LogP) is 4.07. The number of nitrogens with one attached hydrogen (secondary N) is 1. The van der Waals surface area contributed by atoms with E-state index < -0.39 is 15.8 Å². The van der Waals surface area contributed by atoms with Gasteiger partial charge in [0.1, 0.15) is 5.82 Å². The van der Waals surface area contributed by atoms with Gasteiger partial charge in [-0.15, -0.1) is 0 Å². The number of hydrogen-bond donors (Lipinski definition) is 1. The molecule has 0 saturated heterocycles. The van der Waals surface area contributed by atoms with Gasteiger partial charge < -0.3 is 0 Å². The van der Waals surface area contributed by atoms with E-state index in [1.807, 2.05) is 30.3 Å². The molecule has 0 aliphatic heterocycles. The molecule has 0 amide bonds. The van der Waals surface area contributed by atoms with Crippen molar-refractivity contribution in [1.82, 2.24) is 4.72 Å². The van der Waals surface area contributed by atoms with E-state index in [1.54, 1.807) is 36.4 Å². The first-order chi connectivity index (χ1) is 13.5. The number of benzene rings is 3. The molecular weight excluding hydrogens is 377 g/mol. The number of carbonyl (C=O) groups is 1. The SMILES string of the molecule is O=C(/C(=C/c1ccccc1)CNS(=O)(=O)c1ccc(F)cc1)c1ccccc1. The van der Waals surface area contributed by atoms with Crippen molar-refractivity contribution in [2.75, 3.05) is 6.54 Å². The second-order valence-corrected chi connectivity index (χ2v) is 7.82. The molecule has 0 aliphatic rings. The van der Waals surface area contributed by atoms with E-state index in [4.69, 9.17) is 0 Å². The third-order valence-electron chi connectivity index (χ3n) is 4.04. The average Bonchev–Trinajstić information content (AvgIpc) is 2.72. The molecule has 0 saturated carbocycles. The van der Waals surface area contributed by atoms with Gasteiger partial charge in [0.2, 0.25) is 10.0 Å². The molecule has 1 N–H and O–H groups in total. The Hall–Kier alpha value is -3.09. The van der Waals surface area contributed by atoms with E-state index >= 15 is 0 Å². The highest BCUT2D eigenvalue weighted by Gasteiger charge is 2.18. The molecule has 0 aliphatic carbocycles. The summed E-state index contributed by atoms with van der Waals surface area (Å²) in [5.41, 5.74) is 1.54. The van der Waals surface area contributed by atoms with Crippen molar-refractivity contribution in [3.05, 3.63) is 107 Å². The van der Waals surface area contributed by atoms with E-state index in [2.05, 4.69) is 4.72 Å². The first-order valence-electron chi connectivity index (χ1n) is 8.56. The minimum absolute atomic E-state index is 0.0693. The van der Waals surface area contributed by atoms with Crippen molar-refractivity contribution in [2.24, 2.45) is 0 Å². The molecule has 0 spiro atoms. The van der Waals surface area contributed by atoms with Gasteiger partial charge in [0.25, 0.3) is 0 Å². The zero-order valence-corrected chi connectivity index (χ0v) is 15.7. The van der Waals surface area contributed by atoms with Crippen LogP contribution >= 0.6 is 0 Å². The van der Waals surface area contributed by atoms with Gasteiger partial charge in [-0.1, -0.05) is 60.7 Å². The molecule has 3 aromatic rings. The Morgan fingerprint density at radius 2 is 1.43 bits per heavy atom. The third kappa shape index (κ3) is 5.00. The molecule has 0 aromatic heterocycles. The third-order valence-corrected chi connectivity index (χ3v) is 5.46. The number of rotatable bonds is 7. The van der Waals surface area contributed by atoms with Crippen LogP contribution in [0.5, 0.6) is 0 Å². The van der Waals surface area contributed by atoms with Crippen molar-refractivity contribution in [3.8, 4) is 0 Å². The summed E-state index contributed by atoms with van der Waals surface area (Å²) in [4.78, 5) is 12.8. The molecule has 28 heavy (non-hydrogen) atoms. The number of carbonyl (C=O) groups excluding carboxylic acids is 1. The molecule has 0 radical (unpaired) electrons. The largest absolute Gasteiger partial charge is 0.289 e. The lowest BCUT2D eigenvalue weighted by Gasteiger charge is -2.10. The lowest BCUT2D eigenvalue weighted by Crippen LogP contribution is -2.28. The topological polar surface area (TPSA) is 63.2 Å². The summed E-state index contributed by atoms with van der Waals surface area (Å²) in [7, 11) is -3.89.